The summed E-state index contributed by atoms with van der Waals surface area (Å²) in [6, 6.07) is 0. The standard InChI is InChI=1S/2C10H15.C2H7Si.2BrH.Zr/c2*1-7-6-10(4,5)9(3)8(7)2;1-3-2;;;/h2*1-5H3;3H,1-2H3;2*1H;/q;;;;;+2/p-2. The van der Waals surface area contributed by atoms with Crippen molar-refractivity contribution in [2.75, 3.05) is 0 Å². The van der Waals surface area contributed by atoms with Crippen LogP contribution in [0.1, 0.15) is 69.2 Å². The quantitative estimate of drug-likeness (QED) is 0.436. The van der Waals surface area contributed by atoms with Crippen molar-refractivity contribution in [2.24, 2.45) is 10.8 Å². The molecule has 0 heterocycles. The van der Waals surface area contributed by atoms with Gasteiger partial charge in [-0.15, -0.1) is 0 Å². The Morgan fingerprint density at radius 2 is 0.846 bits per heavy atom. The summed E-state index contributed by atoms with van der Waals surface area (Å²) in [5.74, 6) is -0.715. The first-order valence-electron chi connectivity index (χ1n) is 9.44. The fraction of sp³-hybridized carbons (Fsp3) is 0.636. The summed E-state index contributed by atoms with van der Waals surface area (Å²) in [5, 5.41) is 0. The maximum atomic E-state index is 2.63. The molecule has 0 saturated carbocycles. The molecule has 0 aromatic heterocycles. The number of hydrogen-bond donors (Lipinski definition) is 0. The van der Waals surface area contributed by atoms with Gasteiger partial charge in [0.05, 0.1) is 0 Å². The first-order valence-corrected chi connectivity index (χ1v) is 19.0. The van der Waals surface area contributed by atoms with Crippen LogP contribution in [0.3, 0.4) is 0 Å². The van der Waals surface area contributed by atoms with Gasteiger partial charge >= 0.3 is 160 Å². The van der Waals surface area contributed by atoms with E-state index in [1.165, 1.54) is 0 Å². The number of rotatable bonds is 3. The van der Waals surface area contributed by atoms with E-state index in [1.807, 2.05) is 6.56 Å². The van der Waals surface area contributed by atoms with Crippen LogP contribution in [-0.4, -0.2) is 5.92 Å². The average Bonchev–Trinajstić information content (AvgIpc) is 2.71. The van der Waals surface area contributed by atoms with E-state index in [9.17, 15) is 0 Å². The van der Waals surface area contributed by atoms with Crippen molar-refractivity contribution < 1.29 is 54.9 Å². The van der Waals surface area contributed by atoms with Gasteiger partial charge in [-0.1, -0.05) is 0 Å². The van der Waals surface area contributed by atoms with Gasteiger partial charge in [0.15, 0.2) is 0 Å². The zero-order valence-corrected chi connectivity index (χ0v) is 25.6. The first kappa shape index (κ1) is 27.0. The summed E-state index contributed by atoms with van der Waals surface area (Å²) in [7, 11) is 0. The van der Waals surface area contributed by atoms with Gasteiger partial charge in [0, 0.05) is 0 Å². The fourth-order valence-electron chi connectivity index (χ4n) is 4.97. The summed E-state index contributed by atoms with van der Waals surface area (Å²) in [6.45, 7) is 29.6. The normalized spacial score (nSPS) is 21.6. The minimum atomic E-state index is -1.86. The van der Waals surface area contributed by atoms with Gasteiger partial charge in [-0.2, -0.15) is 0 Å². The molecular weight excluding hydrogens is 543 g/mol. The molecule has 2 rings (SSSR count). The molecular formula is C22H37Br2SiZr. The molecule has 0 N–H and O–H groups in total. The fourth-order valence-corrected chi connectivity index (χ4v) is 29.2. The third kappa shape index (κ3) is 3.88. The van der Waals surface area contributed by atoms with E-state index < -0.39 is 26.8 Å². The van der Waals surface area contributed by atoms with E-state index >= 15 is 0 Å². The number of hydrogen-bond acceptors (Lipinski definition) is 0. The maximum Gasteiger partial charge on any atom is -1.00 e. The van der Waals surface area contributed by atoms with Gasteiger partial charge in [-0.25, -0.2) is 0 Å². The van der Waals surface area contributed by atoms with Gasteiger partial charge in [-0.05, 0) is 0 Å². The smallest absolute Gasteiger partial charge is 1.00 e. The predicted octanol–water partition coefficient (Wildman–Crippen LogP) is 0.896. The molecule has 26 heavy (non-hydrogen) atoms. The Hall–Kier alpha value is 1.02. The molecule has 0 aliphatic heterocycles. The Bertz CT molecular complexity index is 660. The Morgan fingerprint density at radius 3 is 1.00 bits per heavy atom. The van der Waals surface area contributed by atoms with Gasteiger partial charge in [0.2, 0.25) is 0 Å². The van der Waals surface area contributed by atoms with Gasteiger partial charge in [0.25, 0.3) is 0 Å². The third-order valence-corrected chi connectivity index (χ3v) is 27.9. The van der Waals surface area contributed by atoms with Gasteiger partial charge in [0.1, 0.15) is 0 Å². The van der Waals surface area contributed by atoms with E-state index in [1.54, 1.807) is 33.4 Å². The van der Waals surface area contributed by atoms with Crippen LogP contribution in [0.5, 0.6) is 0 Å². The van der Waals surface area contributed by atoms with E-state index in [0.717, 1.165) is 0 Å². The molecule has 0 bridgehead atoms. The molecule has 0 atom stereocenters. The molecule has 0 spiro atoms. The average molecular weight is 581 g/mol. The van der Waals surface area contributed by atoms with Crippen molar-refractivity contribution in [2.45, 2.75) is 82.3 Å². The second-order valence-corrected chi connectivity index (χ2v) is 28.1. The predicted molar refractivity (Wildman–Crippen MR) is 109 cm³/mol. The molecule has 0 saturated heterocycles. The van der Waals surface area contributed by atoms with E-state index in [0.29, 0.717) is 0 Å². The van der Waals surface area contributed by atoms with Crippen LogP contribution in [0.15, 0.2) is 40.0 Å². The number of halogens is 2. The van der Waals surface area contributed by atoms with E-state index in [-0.39, 0.29) is 44.8 Å². The summed E-state index contributed by atoms with van der Waals surface area (Å²) >= 11 is -1.86. The molecule has 0 aromatic rings. The zero-order valence-electron chi connectivity index (χ0n) is 18.8. The van der Waals surface area contributed by atoms with Crippen LogP contribution >= 0.6 is 0 Å². The molecule has 4 heteroatoms. The van der Waals surface area contributed by atoms with Crippen molar-refractivity contribution in [1.29, 1.82) is 0 Å². The van der Waals surface area contributed by atoms with Crippen LogP contribution < -0.4 is 34.0 Å². The zero-order chi connectivity index (χ0) is 18.8. The first-order chi connectivity index (χ1) is 10.8. The molecule has 147 valence electrons. The van der Waals surface area contributed by atoms with Crippen LogP contribution in [0.25, 0.3) is 0 Å². The number of allylic oxidation sites excluding steroid dienone is 8. The second kappa shape index (κ2) is 8.80. The van der Waals surface area contributed by atoms with Crippen molar-refractivity contribution in [3.05, 3.63) is 40.0 Å². The Kier molecular flexibility index (Phi) is 9.15. The molecule has 0 nitrogen and oxygen atoms in total. The van der Waals surface area contributed by atoms with Gasteiger partial charge in [-0.3, -0.25) is 0 Å². The topological polar surface area (TPSA) is 0 Å². The van der Waals surface area contributed by atoms with Crippen LogP contribution in [0, 0.1) is 10.8 Å². The molecule has 0 unspecified atom stereocenters. The molecule has 0 amide bonds. The summed E-state index contributed by atoms with van der Waals surface area (Å²) in [6.07, 6.45) is 0. The molecule has 0 aromatic carbocycles. The van der Waals surface area contributed by atoms with E-state index in [4.69, 9.17) is 0 Å². The molecule has 0 fully saturated rings. The Balaban J connectivity index is 0.00000312. The van der Waals surface area contributed by atoms with Crippen LogP contribution in [0.2, 0.25) is 13.1 Å². The van der Waals surface area contributed by atoms with Crippen molar-refractivity contribution in [3.63, 3.8) is 0 Å². The summed E-state index contributed by atoms with van der Waals surface area (Å²) in [4.78, 5) is 0. The summed E-state index contributed by atoms with van der Waals surface area (Å²) in [5.41, 5.74) is 10.3. The van der Waals surface area contributed by atoms with Crippen LogP contribution in [0.4, 0.5) is 0 Å². The second-order valence-electron chi connectivity index (χ2n) is 9.32. The minimum absolute atomic E-state index is 0. The Labute approximate surface area is 192 Å². The molecule has 0 radical (unpaired) electrons. The molecule has 2 aliphatic rings. The monoisotopic (exact) mass is 577 g/mol. The molecule has 2 aliphatic carbocycles. The van der Waals surface area contributed by atoms with Gasteiger partial charge < -0.3 is 34.0 Å². The van der Waals surface area contributed by atoms with Crippen molar-refractivity contribution in [1.82, 2.24) is 0 Å². The van der Waals surface area contributed by atoms with Crippen molar-refractivity contribution in [3.8, 4) is 0 Å². The SMILES string of the molecule is CC1=C(C)C(C)(C)[C]([Zr+2]([C]2=C(C)C(C)=C(C)C2(C)C)[SiH](C)C)=C1C.[Br-].[Br-]. The minimum Gasteiger partial charge on any atom is -1.00 e. The largest absolute Gasteiger partial charge is 1.00 e. The maximum absolute atomic E-state index is 2.63. The Morgan fingerprint density at radius 1 is 0.577 bits per heavy atom. The van der Waals surface area contributed by atoms with Crippen LogP contribution in [-0.2, 0) is 20.9 Å². The van der Waals surface area contributed by atoms with Crippen molar-refractivity contribution >= 4 is 5.92 Å². The summed E-state index contributed by atoms with van der Waals surface area (Å²) < 4.78 is 3.85. The van der Waals surface area contributed by atoms with E-state index in [2.05, 4.69) is 82.3 Å². The third-order valence-electron chi connectivity index (χ3n) is 7.24.